The zero-order chi connectivity index (χ0) is 30.4. The van der Waals surface area contributed by atoms with Gasteiger partial charge in [0, 0.05) is 28.6 Å². The number of nitrogens with one attached hydrogen (secondary N) is 2. The molecule has 0 bridgehead atoms. The van der Waals surface area contributed by atoms with Crippen molar-refractivity contribution in [3.63, 3.8) is 0 Å². The van der Waals surface area contributed by atoms with E-state index in [0.29, 0.717) is 18.9 Å². The summed E-state index contributed by atoms with van der Waals surface area (Å²) in [6.45, 7) is 5.68. The molecule has 2 aromatic carbocycles. The number of carbonyl (C=O) groups is 2. The number of amides is 1. The fraction of sp³-hybridized carbons (Fsp3) is 0.222. The average Bonchev–Trinajstić information content (AvgIpc) is 2.84. The Kier molecular flexibility index (Phi) is 7.80. The van der Waals surface area contributed by atoms with Crippen molar-refractivity contribution in [3.05, 3.63) is 64.5 Å². The normalized spacial score (nSPS) is 12.2. The van der Waals surface area contributed by atoms with Crippen LogP contribution in [0.4, 0.5) is 0 Å². The summed E-state index contributed by atoms with van der Waals surface area (Å²) < 4.78 is 75.0. The van der Waals surface area contributed by atoms with Gasteiger partial charge in [-0.15, -0.1) is 0 Å². The van der Waals surface area contributed by atoms with Crippen molar-refractivity contribution in [1.82, 2.24) is 5.32 Å². The lowest BCUT2D eigenvalue weighted by atomic mass is 9.89. The maximum absolute atomic E-state index is 12.7. The van der Waals surface area contributed by atoms with Crippen LogP contribution in [0.1, 0.15) is 46.5 Å². The fourth-order valence-electron chi connectivity index (χ4n) is 4.59. The molecule has 1 aliphatic heterocycles. The lowest BCUT2D eigenvalue weighted by molar-refractivity contribution is 0.0697. The zero-order valence-corrected chi connectivity index (χ0v) is 23.7. The minimum absolute atomic E-state index is 0.0219. The van der Waals surface area contributed by atoms with Crippen LogP contribution in [0.15, 0.2) is 56.7 Å². The lowest BCUT2D eigenvalue weighted by Crippen LogP contribution is -2.25. The molecule has 2 aromatic rings. The van der Waals surface area contributed by atoms with Gasteiger partial charge in [0.15, 0.2) is 16.2 Å². The van der Waals surface area contributed by atoms with Crippen molar-refractivity contribution in [3.8, 4) is 22.5 Å². The fourth-order valence-corrected chi connectivity index (χ4v) is 6.18. The molecule has 1 aliphatic carbocycles. The molecule has 216 valence electrons. The first kappa shape index (κ1) is 29.9. The Bertz CT molecular complexity index is 1980. The smallest absolute Gasteiger partial charge is 0.336 e. The van der Waals surface area contributed by atoms with Crippen LogP contribution >= 0.6 is 0 Å². The molecule has 0 aromatic heterocycles. The summed E-state index contributed by atoms with van der Waals surface area (Å²) >= 11 is 0. The highest BCUT2D eigenvalue weighted by molar-refractivity contribution is 7.86. The van der Waals surface area contributed by atoms with E-state index < -0.39 is 58.6 Å². The van der Waals surface area contributed by atoms with Crippen molar-refractivity contribution >= 4 is 43.1 Å². The maximum Gasteiger partial charge on any atom is 0.336 e. The van der Waals surface area contributed by atoms with Crippen LogP contribution in [0.3, 0.4) is 0 Å². The van der Waals surface area contributed by atoms with E-state index in [4.69, 9.17) is 9.83 Å². The van der Waals surface area contributed by atoms with Gasteiger partial charge in [-0.3, -0.25) is 19.3 Å². The molecule has 1 heterocycles. The molecule has 4 rings (SSSR count). The average molecular weight is 603 g/mol. The van der Waals surface area contributed by atoms with Crippen molar-refractivity contribution in [1.29, 1.82) is 5.41 Å². The first-order valence-electron chi connectivity index (χ1n) is 12.2. The SMILES string of the molecule is Cc1ccc2c(-c3ccc(C(=O)NCCC(C)C)cc3C(=O)O)c3ccc(=N)c(S(=O)(=O)O)c-3oc2c1S(=O)(=O)O. The van der Waals surface area contributed by atoms with Crippen LogP contribution in [-0.4, -0.2) is 49.5 Å². The summed E-state index contributed by atoms with van der Waals surface area (Å²) in [5.41, 5.74) is -1.01. The second-order valence-electron chi connectivity index (χ2n) is 9.84. The van der Waals surface area contributed by atoms with Crippen molar-refractivity contribution in [2.75, 3.05) is 6.54 Å². The predicted octanol–water partition coefficient (Wildman–Crippen LogP) is 3.96. The second kappa shape index (κ2) is 10.7. The molecule has 0 saturated carbocycles. The number of carboxylic acid groups (broad SMARTS) is 1. The molecule has 0 saturated heterocycles. The Balaban J connectivity index is 2.14. The van der Waals surface area contributed by atoms with Crippen LogP contribution in [0.25, 0.3) is 33.4 Å². The molecule has 12 nitrogen and oxygen atoms in total. The lowest BCUT2D eigenvalue weighted by Gasteiger charge is -2.20. The largest absolute Gasteiger partial charge is 0.478 e. The summed E-state index contributed by atoms with van der Waals surface area (Å²) in [4.78, 5) is 23.5. The van der Waals surface area contributed by atoms with Gasteiger partial charge in [-0.05, 0) is 54.7 Å². The zero-order valence-electron chi connectivity index (χ0n) is 22.0. The van der Waals surface area contributed by atoms with Gasteiger partial charge in [0.05, 0.1) is 10.9 Å². The molecular formula is C27H26N2O10S2. The van der Waals surface area contributed by atoms with E-state index >= 15 is 0 Å². The molecule has 0 radical (unpaired) electrons. The molecular weight excluding hydrogens is 576 g/mol. The van der Waals surface area contributed by atoms with E-state index in [1.54, 1.807) is 0 Å². The van der Waals surface area contributed by atoms with E-state index in [1.807, 2.05) is 13.8 Å². The minimum Gasteiger partial charge on any atom is -0.478 e. The first-order chi connectivity index (χ1) is 19.0. The number of aromatic carboxylic acids is 1. The van der Waals surface area contributed by atoms with Crippen LogP contribution in [0.5, 0.6) is 0 Å². The van der Waals surface area contributed by atoms with E-state index in [0.717, 1.165) is 12.1 Å². The molecule has 41 heavy (non-hydrogen) atoms. The second-order valence-corrected chi connectivity index (χ2v) is 12.6. The molecule has 0 spiro atoms. The van der Waals surface area contributed by atoms with Gasteiger partial charge >= 0.3 is 5.97 Å². The summed E-state index contributed by atoms with van der Waals surface area (Å²) in [6.07, 6.45) is 0.699. The molecule has 0 unspecified atom stereocenters. The van der Waals surface area contributed by atoms with E-state index in [2.05, 4.69) is 5.32 Å². The number of hydrogen-bond acceptors (Lipinski definition) is 8. The Morgan fingerprint density at radius 3 is 2.17 bits per heavy atom. The molecule has 0 fully saturated rings. The quantitative estimate of drug-likeness (QED) is 0.145. The van der Waals surface area contributed by atoms with Crippen LogP contribution in [-0.2, 0) is 20.2 Å². The van der Waals surface area contributed by atoms with Crippen molar-refractivity contribution < 1.29 is 45.1 Å². The van der Waals surface area contributed by atoms with Gasteiger partial charge < -0.3 is 14.8 Å². The summed E-state index contributed by atoms with van der Waals surface area (Å²) in [7, 11) is -10.1. The summed E-state index contributed by atoms with van der Waals surface area (Å²) in [5.74, 6) is -2.28. The number of hydrogen-bond donors (Lipinski definition) is 5. The Hall–Kier alpha value is -4.11. The third-order valence-electron chi connectivity index (χ3n) is 6.47. The molecule has 2 aliphatic rings. The standard InChI is InChI=1S/C27H26N2O10S2/c1-13(2)10-11-29-26(30)15-5-7-16(19(12-15)27(31)32)21-17-6-4-14(3)24(40(33,34)35)22(17)39-23-18(21)8-9-20(28)25(23)41(36,37)38/h4-9,12-13,28H,10-11H2,1-3H3,(H,29,30)(H,31,32)(H,33,34,35)(H,36,37,38). The molecule has 14 heteroatoms. The van der Waals surface area contributed by atoms with Gasteiger partial charge in [0.1, 0.15) is 4.90 Å². The Morgan fingerprint density at radius 1 is 0.951 bits per heavy atom. The minimum atomic E-state index is -5.11. The Labute approximate surface area is 235 Å². The van der Waals surface area contributed by atoms with Crippen LogP contribution in [0.2, 0.25) is 0 Å². The Morgan fingerprint density at radius 2 is 1.59 bits per heavy atom. The van der Waals surface area contributed by atoms with Gasteiger partial charge in [-0.1, -0.05) is 32.0 Å². The number of fused-ring (bicyclic) bond motifs is 2. The summed E-state index contributed by atoms with van der Waals surface area (Å²) in [5, 5.41) is 20.2. The topological polar surface area (TPSA) is 212 Å². The van der Waals surface area contributed by atoms with Gasteiger partial charge in [-0.25, -0.2) is 4.79 Å². The highest BCUT2D eigenvalue weighted by Gasteiger charge is 2.31. The van der Waals surface area contributed by atoms with Gasteiger partial charge in [-0.2, -0.15) is 16.8 Å². The first-order valence-corrected chi connectivity index (χ1v) is 15.1. The van der Waals surface area contributed by atoms with Crippen molar-refractivity contribution in [2.45, 2.75) is 37.0 Å². The third-order valence-corrected chi connectivity index (χ3v) is 8.41. The number of aryl methyl sites for hydroxylation is 1. The van der Waals surface area contributed by atoms with Gasteiger partial charge in [0.25, 0.3) is 26.1 Å². The van der Waals surface area contributed by atoms with Crippen molar-refractivity contribution in [2.24, 2.45) is 5.92 Å². The highest BCUT2D eigenvalue weighted by atomic mass is 32.2. The molecule has 5 N–H and O–H groups in total. The number of rotatable bonds is 8. The van der Waals surface area contributed by atoms with Gasteiger partial charge in [0.2, 0.25) is 0 Å². The van der Waals surface area contributed by atoms with Crippen LogP contribution < -0.4 is 10.7 Å². The number of benzene rings is 3. The maximum atomic E-state index is 12.7. The molecule has 0 atom stereocenters. The summed E-state index contributed by atoms with van der Waals surface area (Å²) in [6, 6.07) is 8.84. The predicted molar refractivity (Wildman–Crippen MR) is 147 cm³/mol. The van der Waals surface area contributed by atoms with Crippen LogP contribution in [0, 0.1) is 18.3 Å². The number of carbonyl (C=O) groups excluding carboxylic acids is 1. The monoisotopic (exact) mass is 602 g/mol. The number of carboxylic acids is 1. The van der Waals surface area contributed by atoms with E-state index in [-0.39, 0.29) is 38.8 Å². The van der Waals surface area contributed by atoms with E-state index in [9.17, 15) is 40.6 Å². The molecule has 1 amide bonds. The van der Waals surface area contributed by atoms with E-state index in [1.165, 1.54) is 37.3 Å². The highest BCUT2D eigenvalue weighted by Crippen LogP contribution is 2.45. The third kappa shape index (κ3) is 5.72.